The minimum atomic E-state index is -1.22. The van der Waals surface area contributed by atoms with Gasteiger partial charge in [-0.3, -0.25) is 4.21 Å². The van der Waals surface area contributed by atoms with Crippen molar-refractivity contribution in [2.45, 2.75) is 51.6 Å². The van der Waals surface area contributed by atoms with Gasteiger partial charge in [0.05, 0.1) is 0 Å². The lowest BCUT2D eigenvalue weighted by Crippen LogP contribution is -2.57. The van der Waals surface area contributed by atoms with Gasteiger partial charge in [0, 0.05) is 28.9 Å². The zero-order valence-electron chi connectivity index (χ0n) is 12.0. The molecule has 0 aromatic heterocycles. The second-order valence-electron chi connectivity index (χ2n) is 4.66. The normalized spacial score (nSPS) is 14.5. The van der Waals surface area contributed by atoms with Crippen molar-refractivity contribution in [2.75, 3.05) is 12.0 Å². The van der Waals surface area contributed by atoms with Crippen LogP contribution >= 0.6 is 0 Å². The monoisotopic (exact) mass is 292 g/mol. The predicted octanol–water partition coefficient (Wildman–Crippen LogP) is 1.09. The molecule has 0 heterocycles. The topological polar surface area (TPSA) is 95.5 Å². The number of nitrogens with one attached hydrogen (secondary N) is 2. The molecule has 0 saturated heterocycles. The molecule has 0 aliphatic carbocycles. The first-order chi connectivity index (χ1) is 8.77. The van der Waals surface area contributed by atoms with Crippen LogP contribution in [0.1, 0.15) is 40.0 Å². The lowest BCUT2D eigenvalue weighted by atomic mass is 9.93. The van der Waals surface area contributed by atoms with Crippen molar-refractivity contribution in [3.05, 3.63) is 0 Å². The highest BCUT2D eigenvalue weighted by atomic mass is 32.2. The number of amides is 2. The van der Waals surface area contributed by atoms with Crippen molar-refractivity contribution in [2.24, 2.45) is 0 Å². The van der Waals surface area contributed by atoms with E-state index in [0.717, 1.165) is 0 Å². The molecular weight excluding hydrogens is 268 g/mol. The van der Waals surface area contributed by atoms with E-state index >= 15 is 0 Å². The molecule has 0 aliphatic rings. The van der Waals surface area contributed by atoms with Gasteiger partial charge in [-0.15, -0.1) is 0 Å². The molecule has 0 aromatic rings. The van der Waals surface area contributed by atoms with E-state index in [9.17, 15) is 18.9 Å². The van der Waals surface area contributed by atoms with Crippen LogP contribution in [0.5, 0.6) is 0 Å². The summed E-state index contributed by atoms with van der Waals surface area (Å²) in [5.41, 5.74) is -1.22. The Balaban J connectivity index is 4.43. The number of carboxylic acid groups (broad SMARTS) is 1. The van der Waals surface area contributed by atoms with Crippen LogP contribution < -0.4 is 10.6 Å². The highest BCUT2D eigenvalue weighted by Crippen LogP contribution is 2.15. The lowest BCUT2D eigenvalue weighted by molar-refractivity contribution is -0.144. The number of rotatable bonds is 8. The summed E-state index contributed by atoms with van der Waals surface area (Å²) in [6, 6.07) is -0.649. The molecule has 0 aliphatic heterocycles. The van der Waals surface area contributed by atoms with Crippen LogP contribution in [-0.4, -0.2) is 44.9 Å². The first-order valence-electron chi connectivity index (χ1n) is 6.39. The highest BCUT2D eigenvalue weighted by Gasteiger charge is 2.36. The zero-order chi connectivity index (χ0) is 15.1. The van der Waals surface area contributed by atoms with Crippen LogP contribution in [0.4, 0.5) is 4.79 Å². The standard InChI is InChI=1S/C12H24N2O4S/c1-5-12(6-2,10(15)16)14-11(17)13-9(3)7-8-19(4)18/h9H,5-8H2,1-4H3,(H,15,16)(H2,13,14,17). The van der Waals surface area contributed by atoms with E-state index in [1.54, 1.807) is 27.0 Å². The highest BCUT2D eigenvalue weighted by molar-refractivity contribution is 7.84. The fourth-order valence-corrected chi connectivity index (χ4v) is 2.36. The lowest BCUT2D eigenvalue weighted by Gasteiger charge is -2.28. The molecule has 0 bridgehead atoms. The summed E-state index contributed by atoms with van der Waals surface area (Å²) in [7, 11) is -0.896. The minimum absolute atomic E-state index is 0.149. The van der Waals surface area contributed by atoms with Crippen LogP contribution in [0.2, 0.25) is 0 Å². The van der Waals surface area contributed by atoms with Crippen LogP contribution in [-0.2, 0) is 15.6 Å². The van der Waals surface area contributed by atoms with Crippen molar-refractivity contribution in [3.63, 3.8) is 0 Å². The summed E-state index contributed by atoms with van der Waals surface area (Å²) in [6.07, 6.45) is 2.84. The van der Waals surface area contributed by atoms with Crippen molar-refractivity contribution >= 4 is 22.8 Å². The van der Waals surface area contributed by atoms with E-state index in [1.807, 2.05) is 0 Å². The van der Waals surface area contributed by atoms with Gasteiger partial charge in [0.2, 0.25) is 0 Å². The summed E-state index contributed by atoms with van der Waals surface area (Å²) in [6.45, 7) is 5.25. The summed E-state index contributed by atoms with van der Waals surface area (Å²) in [4.78, 5) is 23.0. The van der Waals surface area contributed by atoms with Crippen LogP contribution in [0.15, 0.2) is 0 Å². The summed E-state index contributed by atoms with van der Waals surface area (Å²) < 4.78 is 10.9. The number of hydrogen-bond donors (Lipinski definition) is 3. The first kappa shape index (κ1) is 17.9. The van der Waals surface area contributed by atoms with E-state index in [1.165, 1.54) is 0 Å². The maximum absolute atomic E-state index is 11.8. The molecule has 0 rings (SSSR count). The smallest absolute Gasteiger partial charge is 0.329 e. The third-order valence-corrected chi connectivity index (χ3v) is 4.00. The minimum Gasteiger partial charge on any atom is -0.480 e. The average molecular weight is 292 g/mol. The summed E-state index contributed by atoms with van der Waals surface area (Å²) in [5.74, 6) is -0.525. The molecule has 0 saturated carbocycles. The number of hydrogen-bond acceptors (Lipinski definition) is 3. The van der Waals surface area contributed by atoms with Gasteiger partial charge in [0.25, 0.3) is 0 Å². The number of carbonyl (C=O) groups excluding carboxylic acids is 1. The van der Waals surface area contributed by atoms with Crippen molar-refractivity contribution in [1.29, 1.82) is 0 Å². The van der Waals surface area contributed by atoms with Gasteiger partial charge in [-0.25, -0.2) is 9.59 Å². The van der Waals surface area contributed by atoms with Gasteiger partial charge in [-0.1, -0.05) is 13.8 Å². The van der Waals surface area contributed by atoms with Crippen molar-refractivity contribution in [1.82, 2.24) is 10.6 Å². The SMILES string of the molecule is CCC(CC)(NC(=O)NC(C)CCS(C)=O)C(=O)O. The molecule has 7 heteroatoms. The van der Waals surface area contributed by atoms with Gasteiger partial charge >= 0.3 is 12.0 Å². The van der Waals surface area contributed by atoms with E-state index < -0.39 is 28.3 Å². The van der Waals surface area contributed by atoms with Crippen molar-refractivity contribution in [3.8, 4) is 0 Å². The first-order valence-corrected chi connectivity index (χ1v) is 8.12. The second kappa shape index (κ2) is 8.14. The Kier molecular flexibility index (Phi) is 7.66. The Labute approximate surface area is 116 Å². The Morgan fingerprint density at radius 1 is 1.32 bits per heavy atom. The maximum Gasteiger partial charge on any atom is 0.329 e. The number of urea groups is 1. The van der Waals surface area contributed by atoms with Gasteiger partial charge in [0.1, 0.15) is 5.54 Å². The summed E-state index contributed by atoms with van der Waals surface area (Å²) >= 11 is 0. The van der Waals surface area contributed by atoms with Gasteiger partial charge < -0.3 is 15.7 Å². The van der Waals surface area contributed by atoms with Gasteiger partial charge in [0.15, 0.2) is 0 Å². The second-order valence-corrected chi connectivity index (χ2v) is 6.21. The molecule has 0 radical (unpaired) electrons. The number of carbonyl (C=O) groups is 2. The fraction of sp³-hybridized carbons (Fsp3) is 0.833. The van der Waals surface area contributed by atoms with E-state index in [0.29, 0.717) is 25.0 Å². The van der Waals surface area contributed by atoms with Crippen LogP contribution in [0.3, 0.4) is 0 Å². The number of carboxylic acids is 1. The predicted molar refractivity (Wildman–Crippen MR) is 75.6 cm³/mol. The van der Waals surface area contributed by atoms with Crippen molar-refractivity contribution < 1.29 is 18.9 Å². The molecule has 0 aromatic carbocycles. The molecule has 112 valence electrons. The van der Waals surface area contributed by atoms with E-state index in [2.05, 4.69) is 10.6 Å². The third kappa shape index (κ3) is 6.04. The van der Waals surface area contributed by atoms with Crippen LogP contribution in [0, 0.1) is 0 Å². The molecule has 19 heavy (non-hydrogen) atoms. The molecule has 3 N–H and O–H groups in total. The summed E-state index contributed by atoms with van der Waals surface area (Å²) in [5, 5.41) is 14.4. The van der Waals surface area contributed by atoms with Gasteiger partial charge in [-0.2, -0.15) is 0 Å². The third-order valence-electron chi connectivity index (χ3n) is 3.19. The molecular formula is C12H24N2O4S. The Morgan fingerprint density at radius 3 is 2.21 bits per heavy atom. The Bertz CT molecular complexity index is 343. The van der Waals surface area contributed by atoms with Crippen LogP contribution in [0.25, 0.3) is 0 Å². The molecule has 0 spiro atoms. The molecule has 0 fully saturated rings. The van der Waals surface area contributed by atoms with Gasteiger partial charge in [-0.05, 0) is 26.2 Å². The van der Waals surface area contributed by atoms with E-state index in [4.69, 9.17) is 0 Å². The zero-order valence-corrected chi connectivity index (χ0v) is 12.8. The fourth-order valence-electron chi connectivity index (χ4n) is 1.67. The molecule has 2 unspecified atom stereocenters. The number of aliphatic carboxylic acids is 1. The maximum atomic E-state index is 11.8. The quantitative estimate of drug-likeness (QED) is 0.624. The Morgan fingerprint density at radius 2 is 1.84 bits per heavy atom. The molecule has 6 nitrogen and oxygen atoms in total. The van der Waals surface area contributed by atoms with E-state index in [-0.39, 0.29) is 6.04 Å². The largest absolute Gasteiger partial charge is 0.480 e. The Hall–Kier alpha value is -1.11. The molecule has 2 atom stereocenters. The average Bonchev–Trinajstić information content (AvgIpc) is 2.33. The molecule has 2 amide bonds.